The van der Waals surface area contributed by atoms with Gasteiger partial charge in [-0.1, -0.05) is 0 Å². The van der Waals surface area contributed by atoms with Crippen molar-refractivity contribution in [2.45, 2.75) is 20.5 Å². The van der Waals surface area contributed by atoms with Crippen LogP contribution in [0, 0.1) is 28.4 Å². The van der Waals surface area contributed by atoms with Crippen LogP contribution in [0.2, 0.25) is 0 Å². The Morgan fingerprint density at radius 1 is 1.60 bits per heavy atom. The number of aromatic nitrogens is 1. The van der Waals surface area contributed by atoms with E-state index in [0.29, 0.717) is 0 Å². The van der Waals surface area contributed by atoms with E-state index in [-0.39, 0.29) is 40.8 Å². The van der Waals surface area contributed by atoms with E-state index in [9.17, 15) is 14.9 Å². The van der Waals surface area contributed by atoms with Crippen LogP contribution in [0.15, 0.2) is 0 Å². The van der Waals surface area contributed by atoms with Crippen molar-refractivity contribution in [1.82, 2.24) is 10.4 Å². The third-order valence-electron chi connectivity index (χ3n) is 2.42. The molecule has 20 heavy (non-hydrogen) atoms. The van der Waals surface area contributed by atoms with Crippen molar-refractivity contribution in [1.29, 1.82) is 5.26 Å². The first-order chi connectivity index (χ1) is 9.42. The number of anilines is 1. The normalized spacial score (nSPS) is 9.70. The summed E-state index contributed by atoms with van der Waals surface area (Å²) in [5.74, 6) is -0.349. The Hall–Kier alpha value is -2.73. The fourth-order valence-corrected chi connectivity index (χ4v) is 1.61. The van der Waals surface area contributed by atoms with Gasteiger partial charge in [0.1, 0.15) is 17.3 Å². The Morgan fingerprint density at radius 3 is 2.70 bits per heavy atom. The van der Waals surface area contributed by atoms with Gasteiger partial charge in [-0.25, -0.2) is 4.98 Å². The number of nitro groups is 1. The van der Waals surface area contributed by atoms with Crippen molar-refractivity contribution in [3.05, 3.63) is 26.9 Å². The molecule has 1 rings (SSSR count). The standard InChI is InChI=1S/C11H13N5O4/c1-6-8(4-12)11(15-14-7(2)17)13-9(5-20-3)10(6)16(18)19/h5H2,1-3H3,(H,13,15)(H,14,17). The Bertz CT molecular complexity index is 593. The molecule has 0 atom stereocenters. The van der Waals surface area contributed by atoms with Gasteiger partial charge in [-0.15, -0.1) is 0 Å². The van der Waals surface area contributed by atoms with E-state index < -0.39 is 4.92 Å². The minimum atomic E-state index is -0.611. The minimum Gasteiger partial charge on any atom is -0.378 e. The van der Waals surface area contributed by atoms with Gasteiger partial charge in [0.25, 0.3) is 5.69 Å². The highest BCUT2D eigenvalue weighted by molar-refractivity contribution is 5.75. The highest BCUT2D eigenvalue weighted by Gasteiger charge is 2.25. The lowest BCUT2D eigenvalue weighted by Gasteiger charge is -2.12. The monoisotopic (exact) mass is 279 g/mol. The second-order valence-corrected chi connectivity index (χ2v) is 3.86. The Kier molecular flexibility index (Phi) is 4.94. The molecule has 106 valence electrons. The molecule has 9 heteroatoms. The maximum Gasteiger partial charge on any atom is 0.297 e. The number of carbonyl (C=O) groups excluding carboxylic acids is 1. The molecule has 0 fully saturated rings. The maximum atomic E-state index is 11.1. The second-order valence-electron chi connectivity index (χ2n) is 3.86. The molecule has 0 unspecified atom stereocenters. The van der Waals surface area contributed by atoms with Gasteiger partial charge >= 0.3 is 0 Å². The topological polar surface area (TPSA) is 130 Å². The van der Waals surface area contributed by atoms with Crippen molar-refractivity contribution in [2.75, 3.05) is 12.5 Å². The number of rotatable bonds is 5. The van der Waals surface area contributed by atoms with Crippen LogP contribution in [-0.2, 0) is 16.1 Å². The van der Waals surface area contributed by atoms with Crippen LogP contribution in [0.5, 0.6) is 0 Å². The molecule has 0 aliphatic rings. The average molecular weight is 279 g/mol. The summed E-state index contributed by atoms with van der Waals surface area (Å²) < 4.78 is 4.86. The summed E-state index contributed by atoms with van der Waals surface area (Å²) in [5.41, 5.74) is 4.68. The minimum absolute atomic E-state index is 0.00898. The summed E-state index contributed by atoms with van der Waals surface area (Å²) in [4.78, 5) is 25.3. The lowest BCUT2D eigenvalue weighted by atomic mass is 10.1. The Labute approximate surface area is 114 Å². The highest BCUT2D eigenvalue weighted by Crippen LogP contribution is 2.29. The molecular formula is C11H13N5O4. The van der Waals surface area contributed by atoms with Gasteiger partial charge in [0, 0.05) is 14.0 Å². The van der Waals surface area contributed by atoms with Gasteiger partial charge in [-0.05, 0) is 6.92 Å². The van der Waals surface area contributed by atoms with Crippen molar-refractivity contribution in [3.63, 3.8) is 0 Å². The van der Waals surface area contributed by atoms with E-state index in [1.807, 2.05) is 6.07 Å². The number of carbonyl (C=O) groups is 1. The van der Waals surface area contributed by atoms with E-state index >= 15 is 0 Å². The summed E-state index contributed by atoms with van der Waals surface area (Å²) >= 11 is 0. The first kappa shape index (κ1) is 15.3. The number of nitrogens with zero attached hydrogens (tertiary/aromatic N) is 3. The summed E-state index contributed by atoms with van der Waals surface area (Å²) in [6.45, 7) is 2.63. The number of amides is 1. The van der Waals surface area contributed by atoms with E-state index in [1.54, 1.807) is 0 Å². The van der Waals surface area contributed by atoms with Crippen LogP contribution in [0.25, 0.3) is 0 Å². The van der Waals surface area contributed by atoms with E-state index in [2.05, 4.69) is 15.8 Å². The second kappa shape index (κ2) is 6.44. The van der Waals surface area contributed by atoms with Crippen LogP contribution in [0.3, 0.4) is 0 Å². The van der Waals surface area contributed by atoms with Gasteiger partial charge in [0.15, 0.2) is 5.82 Å². The summed E-state index contributed by atoms with van der Waals surface area (Å²) in [6.07, 6.45) is 0. The van der Waals surface area contributed by atoms with Crippen LogP contribution >= 0.6 is 0 Å². The number of nitrogens with one attached hydrogen (secondary N) is 2. The van der Waals surface area contributed by atoms with Crippen LogP contribution < -0.4 is 10.9 Å². The summed E-state index contributed by atoms with van der Waals surface area (Å²) in [5, 5.41) is 20.2. The molecular weight excluding hydrogens is 266 g/mol. The number of ether oxygens (including phenoxy) is 1. The number of hydrazine groups is 1. The van der Waals surface area contributed by atoms with Crippen molar-refractivity contribution < 1.29 is 14.5 Å². The molecule has 9 nitrogen and oxygen atoms in total. The molecule has 0 saturated heterocycles. The first-order valence-electron chi connectivity index (χ1n) is 5.51. The van der Waals surface area contributed by atoms with Crippen molar-refractivity contribution >= 4 is 17.4 Å². The quantitative estimate of drug-likeness (QED) is 0.601. The molecule has 1 heterocycles. The van der Waals surface area contributed by atoms with Gasteiger partial charge < -0.3 is 4.74 Å². The van der Waals surface area contributed by atoms with Crippen LogP contribution in [-0.4, -0.2) is 22.9 Å². The third kappa shape index (κ3) is 3.18. The van der Waals surface area contributed by atoms with Gasteiger partial charge in [0.05, 0.1) is 17.1 Å². The number of hydrogen-bond donors (Lipinski definition) is 2. The number of methoxy groups -OCH3 is 1. The van der Waals surface area contributed by atoms with Gasteiger partial charge in [-0.2, -0.15) is 5.26 Å². The third-order valence-corrected chi connectivity index (χ3v) is 2.42. The molecule has 0 aromatic carbocycles. The number of hydrogen-bond acceptors (Lipinski definition) is 7. The zero-order valence-electron chi connectivity index (χ0n) is 11.2. The van der Waals surface area contributed by atoms with Gasteiger partial charge in [-0.3, -0.25) is 25.8 Å². The molecule has 0 saturated carbocycles. The smallest absolute Gasteiger partial charge is 0.297 e. The summed E-state index contributed by atoms with van der Waals surface area (Å²) in [6, 6.07) is 1.83. The molecule has 1 amide bonds. The molecule has 1 aromatic rings. The van der Waals surface area contributed by atoms with E-state index in [1.165, 1.54) is 21.0 Å². The zero-order valence-corrected chi connectivity index (χ0v) is 11.2. The molecule has 0 aliphatic heterocycles. The molecule has 0 radical (unpaired) electrons. The molecule has 0 spiro atoms. The lowest BCUT2D eigenvalue weighted by molar-refractivity contribution is -0.386. The molecule has 1 aromatic heterocycles. The first-order valence-corrected chi connectivity index (χ1v) is 5.51. The predicted molar refractivity (Wildman–Crippen MR) is 68.5 cm³/mol. The van der Waals surface area contributed by atoms with Crippen molar-refractivity contribution in [3.8, 4) is 6.07 Å². The fourth-order valence-electron chi connectivity index (χ4n) is 1.61. The Balaban J connectivity index is 3.42. The van der Waals surface area contributed by atoms with Crippen LogP contribution in [0.4, 0.5) is 11.5 Å². The molecule has 2 N–H and O–H groups in total. The molecule has 0 bridgehead atoms. The number of pyridine rings is 1. The average Bonchev–Trinajstić information content (AvgIpc) is 2.36. The number of nitriles is 1. The zero-order chi connectivity index (χ0) is 15.3. The molecule has 0 aliphatic carbocycles. The van der Waals surface area contributed by atoms with E-state index in [4.69, 9.17) is 10.00 Å². The SMILES string of the molecule is COCc1nc(NNC(C)=O)c(C#N)c(C)c1[N+](=O)[O-]. The predicted octanol–water partition coefficient (Wildman–Crippen LogP) is 0.779. The largest absolute Gasteiger partial charge is 0.378 e. The fraction of sp³-hybridized carbons (Fsp3) is 0.364. The summed E-state index contributed by atoms with van der Waals surface area (Å²) in [7, 11) is 1.37. The van der Waals surface area contributed by atoms with Crippen LogP contribution in [0.1, 0.15) is 23.7 Å². The highest BCUT2D eigenvalue weighted by atomic mass is 16.6. The van der Waals surface area contributed by atoms with E-state index in [0.717, 1.165) is 0 Å². The maximum absolute atomic E-state index is 11.1. The Morgan fingerprint density at radius 2 is 2.25 bits per heavy atom. The lowest BCUT2D eigenvalue weighted by Crippen LogP contribution is -2.28. The van der Waals surface area contributed by atoms with Crippen molar-refractivity contribution in [2.24, 2.45) is 0 Å². The van der Waals surface area contributed by atoms with Gasteiger partial charge in [0.2, 0.25) is 5.91 Å².